The van der Waals surface area contributed by atoms with E-state index in [-0.39, 0.29) is 5.95 Å². The Balaban J connectivity index is 0.00000102. The fourth-order valence-electron chi connectivity index (χ4n) is 1.88. The third kappa shape index (κ3) is 5.33. The number of aromatic nitrogens is 2. The maximum Gasteiger partial charge on any atom is 0.222 e. The van der Waals surface area contributed by atoms with Crippen LogP contribution in [0.2, 0.25) is 0 Å². The van der Waals surface area contributed by atoms with Crippen molar-refractivity contribution < 1.29 is 5.11 Å². The lowest BCUT2D eigenvalue weighted by atomic mass is 10.0. The van der Waals surface area contributed by atoms with Gasteiger partial charge in [0.2, 0.25) is 5.95 Å². The number of rotatable bonds is 2. The lowest BCUT2D eigenvalue weighted by Gasteiger charge is -2.11. The van der Waals surface area contributed by atoms with E-state index in [0.29, 0.717) is 12.2 Å². The summed E-state index contributed by atoms with van der Waals surface area (Å²) < 4.78 is 0. The first-order chi connectivity index (χ1) is 10.6. The van der Waals surface area contributed by atoms with E-state index in [1.165, 1.54) is 0 Å². The number of aliphatic hydroxyl groups is 1. The highest BCUT2D eigenvalue weighted by atomic mass is 16.3. The zero-order chi connectivity index (χ0) is 17.1. The number of allylic oxidation sites excluding steroid dienone is 4. The lowest BCUT2D eigenvalue weighted by molar-refractivity contribution is 0.272. The Labute approximate surface area is 133 Å². The quantitative estimate of drug-likeness (QED) is 0.779. The molecule has 5 N–H and O–H groups in total. The highest BCUT2D eigenvalue weighted by Gasteiger charge is 2.13. The van der Waals surface area contributed by atoms with Crippen LogP contribution in [-0.4, -0.2) is 21.2 Å². The largest absolute Gasteiger partial charge is 0.385 e. The van der Waals surface area contributed by atoms with Crippen LogP contribution in [0.3, 0.4) is 0 Å². The summed E-state index contributed by atoms with van der Waals surface area (Å²) in [6.07, 6.45) is 8.97. The van der Waals surface area contributed by atoms with E-state index in [0.717, 1.165) is 16.8 Å². The normalized spacial score (nSPS) is 15.7. The Morgan fingerprint density at radius 3 is 2.32 bits per heavy atom. The van der Waals surface area contributed by atoms with Crippen molar-refractivity contribution in [1.82, 2.24) is 9.97 Å². The molecule has 5 nitrogen and oxygen atoms in total. The van der Waals surface area contributed by atoms with Gasteiger partial charge in [0.1, 0.15) is 5.82 Å². The maximum atomic E-state index is 9.50. The average Bonchev–Trinajstić information content (AvgIpc) is 2.75. The van der Waals surface area contributed by atoms with Crippen molar-refractivity contribution >= 4 is 17.3 Å². The van der Waals surface area contributed by atoms with Gasteiger partial charge in [-0.15, -0.1) is 0 Å². The van der Waals surface area contributed by atoms with E-state index < -0.39 is 6.10 Å². The van der Waals surface area contributed by atoms with Crippen molar-refractivity contribution in [3.8, 4) is 0 Å². The molecule has 0 amide bonds. The van der Waals surface area contributed by atoms with Gasteiger partial charge in [-0.3, -0.25) is 0 Å². The number of hydrogen-bond donors (Lipinski definition) is 3. The maximum absolute atomic E-state index is 9.50. The highest BCUT2D eigenvalue weighted by molar-refractivity contribution is 5.82. The summed E-state index contributed by atoms with van der Waals surface area (Å²) in [5, 5.41) is 9.50. The molecule has 1 atom stereocenters. The summed E-state index contributed by atoms with van der Waals surface area (Å²) in [6, 6.07) is 0. The molecule has 0 radical (unpaired) electrons. The lowest BCUT2D eigenvalue weighted by Crippen LogP contribution is -2.08. The number of aryl methyl sites for hydroxylation is 1. The molecule has 122 valence electrons. The Bertz CT molecular complexity index is 548. The molecule has 0 aromatic carbocycles. The zero-order valence-electron chi connectivity index (χ0n) is 14.2. The summed E-state index contributed by atoms with van der Waals surface area (Å²) >= 11 is 0. The van der Waals surface area contributed by atoms with E-state index in [2.05, 4.69) is 9.97 Å². The molecule has 1 aliphatic rings. The number of hydrogen-bond acceptors (Lipinski definition) is 5. The van der Waals surface area contributed by atoms with E-state index in [4.69, 9.17) is 11.5 Å². The fraction of sp³-hybridized carbons (Fsp3) is 0.412. The predicted molar refractivity (Wildman–Crippen MR) is 95.2 cm³/mol. The number of anilines is 2. The first-order valence-corrected chi connectivity index (χ1v) is 7.78. The van der Waals surface area contributed by atoms with Gasteiger partial charge < -0.3 is 16.6 Å². The van der Waals surface area contributed by atoms with Crippen LogP contribution in [0.5, 0.6) is 0 Å². The molecule has 0 aliphatic heterocycles. The number of nitrogen functional groups attached to an aromatic ring is 2. The predicted octanol–water partition coefficient (Wildman–Crippen LogP) is 3.13. The van der Waals surface area contributed by atoms with Gasteiger partial charge in [-0.05, 0) is 12.0 Å². The third-order valence-corrected chi connectivity index (χ3v) is 2.71. The second kappa shape index (κ2) is 10.6. The van der Waals surface area contributed by atoms with Crippen LogP contribution in [0.1, 0.15) is 45.9 Å². The van der Waals surface area contributed by atoms with E-state index >= 15 is 0 Å². The second-order valence-corrected chi connectivity index (χ2v) is 4.00. The van der Waals surface area contributed by atoms with E-state index in [1.807, 2.05) is 46.8 Å². The highest BCUT2D eigenvalue weighted by Crippen LogP contribution is 2.26. The molecule has 0 spiro atoms. The smallest absolute Gasteiger partial charge is 0.222 e. The van der Waals surface area contributed by atoms with Gasteiger partial charge in [-0.25, -0.2) is 4.98 Å². The van der Waals surface area contributed by atoms with E-state index in [9.17, 15) is 5.11 Å². The third-order valence-electron chi connectivity index (χ3n) is 2.71. The molecular formula is C17H28N4O. The molecule has 5 heteroatoms. The Morgan fingerprint density at radius 1 is 1.09 bits per heavy atom. The van der Waals surface area contributed by atoms with Crippen molar-refractivity contribution in [2.45, 2.75) is 47.1 Å². The van der Waals surface area contributed by atoms with Gasteiger partial charge in [-0.2, -0.15) is 4.98 Å². The average molecular weight is 304 g/mol. The van der Waals surface area contributed by atoms with Gasteiger partial charge in [0.15, 0.2) is 0 Å². The molecule has 0 saturated carbocycles. The van der Waals surface area contributed by atoms with Crippen molar-refractivity contribution in [3.05, 3.63) is 41.6 Å². The molecule has 22 heavy (non-hydrogen) atoms. The van der Waals surface area contributed by atoms with Crippen LogP contribution in [-0.2, 0) is 6.42 Å². The van der Waals surface area contributed by atoms with Crippen molar-refractivity contribution in [2.75, 3.05) is 11.5 Å². The molecule has 1 aromatic rings. The van der Waals surface area contributed by atoms with Gasteiger partial charge >= 0.3 is 0 Å². The minimum atomic E-state index is -0.584. The Hall–Kier alpha value is -2.14. The zero-order valence-corrected chi connectivity index (χ0v) is 14.2. The van der Waals surface area contributed by atoms with Crippen LogP contribution >= 0.6 is 0 Å². The van der Waals surface area contributed by atoms with Crippen molar-refractivity contribution in [1.29, 1.82) is 0 Å². The molecule has 0 fully saturated rings. The molecule has 1 aliphatic carbocycles. The minimum Gasteiger partial charge on any atom is -0.385 e. The minimum absolute atomic E-state index is 0.182. The van der Waals surface area contributed by atoms with Crippen molar-refractivity contribution in [2.24, 2.45) is 0 Å². The summed E-state index contributed by atoms with van der Waals surface area (Å²) in [5.41, 5.74) is 14.0. The molecule has 1 aromatic heterocycles. The van der Waals surface area contributed by atoms with Gasteiger partial charge in [0.05, 0.1) is 11.8 Å². The summed E-state index contributed by atoms with van der Waals surface area (Å²) in [4.78, 5) is 8.19. The van der Waals surface area contributed by atoms with Crippen LogP contribution in [0.4, 0.5) is 11.8 Å². The van der Waals surface area contributed by atoms with Crippen LogP contribution in [0.25, 0.3) is 5.57 Å². The van der Waals surface area contributed by atoms with Crippen LogP contribution in [0.15, 0.2) is 30.4 Å². The number of nitrogens with two attached hydrogens (primary N) is 2. The fourth-order valence-corrected chi connectivity index (χ4v) is 1.88. The molecule has 0 saturated heterocycles. The SMILES string of the molecule is CC.CC.CCc1nc(N)nc(N)c1C1=CC=CC(O)C=C1. The number of aliphatic hydroxyl groups excluding tert-OH is 1. The molecule has 0 bridgehead atoms. The number of nitrogens with zero attached hydrogens (tertiary/aromatic N) is 2. The Kier molecular flexibility index (Phi) is 9.54. The molecule has 1 unspecified atom stereocenters. The van der Waals surface area contributed by atoms with Crippen LogP contribution < -0.4 is 11.5 Å². The topological polar surface area (TPSA) is 98.0 Å². The van der Waals surface area contributed by atoms with Gasteiger partial charge in [0, 0.05) is 5.56 Å². The second-order valence-electron chi connectivity index (χ2n) is 4.00. The molecule has 2 rings (SSSR count). The summed E-state index contributed by atoms with van der Waals surface area (Å²) in [7, 11) is 0. The first kappa shape index (κ1) is 19.9. The van der Waals surface area contributed by atoms with Crippen LogP contribution in [0, 0.1) is 0 Å². The standard InChI is InChI=1S/C13H16N4O.2C2H6/c1-2-10-11(12(14)17-13(15)16-10)8-4-3-5-9(18)7-6-8;2*1-2/h3-7,9,18H,2H2,1H3,(H4,14,15,16,17);2*1-2H3. The van der Waals surface area contributed by atoms with Gasteiger partial charge in [-0.1, -0.05) is 65.0 Å². The van der Waals surface area contributed by atoms with Gasteiger partial charge in [0.25, 0.3) is 0 Å². The summed E-state index contributed by atoms with van der Waals surface area (Å²) in [6.45, 7) is 9.98. The van der Waals surface area contributed by atoms with Crippen molar-refractivity contribution in [3.63, 3.8) is 0 Å². The molecule has 1 heterocycles. The first-order valence-electron chi connectivity index (χ1n) is 7.78. The Morgan fingerprint density at radius 2 is 1.73 bits per heavy atom. The van der Waals surface area contributed by atoms with E-state index in [1.54, 1.807) is 18.2 Å². The summed E-state index contributed by atoms with van der Waals surface area (Å²) in [5.74, 6) is 0.543. The monoisotopic (exact) mass is 304 g/mol. The molecular weight excluding hydrogens is 276 g/mol.